The van der Waals surface area contributed by atoms with Gasteiger partial charge < -0.3 is 5.32 Å². The monoisotopic (exact) mass is 123 g/mol. The van der Waals surface area contributed by atoms with Crippen LogP contribution in [-0.2, 0) is 0 Å². The van der Waals surface area contributed by atoms with Gasteiger partial charge in [-0.1, -0.05) is 0 Å². The maximum atomic E-state index is 3.95. The van der Waals surface area contributed by atoms with Crippen LogP contribution in [-0.4, -0.2) is 16.5 Å². The van der Waals surface area contributed by atoms with Crippen LogP contribution in [0.2, 0.25) is 0 Å². The van der Waals surface area contributed by atoms with Gasteiger partial charge in [-0.05, 0) is 13.0 Å². The first-order chi connectivity index (χ1) is 4.43. The van der Waals surface area contributed by atoms with E-state index < -0.39 is 0 Å². The highest BCUT2D eigenvalue weighted by Crippen LogP contribution is 1.90. The topological polar surface area (TPSA) is 37.8 Å². The Morgan fingerprint density at radius 2 is 2.11 bits per heavy atom. The van der Waals surface area contributed by atoms with Crippen LogP contribution in [0.3, 0.4) is 0 Å². The molecule has 0 atom stereocenters. The van der Waals surface area contributed by atoms with Crippen molar-refractivity contribution in [1.82, 2.24) is 9.97 Å². The van der Waals surface area contributed by atoms with Gasteiger partial charge in [-0.3, -0.25) is 0 Å². The minimum Gasteiger partial charge on any atom is -0.355 e. The van der Waals surface area contributed by atoms with Gasteiger partial charge in [-0.25, -0.2) is 9.97 Å². The van der Waals surface area contributed by atoms with Crippen molar-refractivity contribution in [2.75, 3.05) is 11.9 Å². The summed E-state index contributed by atoms with van der Waals surface area (Å²) in [7, 11) is 0. The molecule has 0 aromatic carbocycles. The highest BCUT2D eigenvalue weighted by molar-refractivity contribution is 5.20. The van der Waals surface area contributed by atoms with Crippen molar-refractivity contribution in [3.63, 3.8) is 0 Å². The number of nitrogens with one attached hydrogen (secondary N) is 1. The summed E-state index contributed by atoms with van der Waals surface area (Å²) in [5, 5.41) is 2.99. The molecule has 1 heterocycles. The predicted octanol–water partition coefficient (Wildman–Crippen LogP) is 0.908. The Balaban J connectivity index is 2.61. The maximum Gasteiger partial charge on any atom is 0.222 e. The lowest BCUT2D eigenvalue weighted by atomic mass is 10.6. The zero-order valence-corrected chi connectivity index (χ0v) is 5.33. The molecular formula is C6H9N3. The Hall–Kier alpha value is -1.12. The third kappa shape index (κ3) is 1.68. The molecule has 0 radical (unpaired) electrons. The zero-order valence-electron chi connectivity index (χ0n) is 5.33. The summed E-state index contributed by atoms with van der Waals surface area (Å²) in [4.78, 5) is 7.89. The van der Waals surface area contributed by atoms with Crippen molar-refractivity contribution in [2.45, 2.75) is 6.92 Å². The molecule has 48 valence electrons. The van der Waals surface area contributed by atoms with Crippen LogP contribution in [0.1, 0.15) is 6.92 Å². The summed E-state index contributed by atoms with van der Waals surface area (Å²) in [6.07, 6.45) is 3.43. The molecule has 1 rings (SSSR count). The van der Waals surface area contributed by atoms with Gasteiger partial charge in [0, 0.05) is 18.9 Å². The third-order valence-electron chi connectivity index (χ3n) is 0.901. The molecule has 0 unspecified atom stereocenters. The van der Waals surface area contributed by atoms with E-state index >= 15 is 0 Å². The summed E-state index contributed by atoms with van der Waals surface area (Å²) in [5.74, 6) is 0.694. The minimum absolute atomic E-state index is 0.694. The Morgan fingerprint density at radius 1 is 1.44 bits per heavy atom. The second kappa shape index (κ2) is 3.02. The van der Waals surface area contributed by atoms with E-state index in [1.54, 1.807) is 18.5 Å². The van der Waals surface area contributed by atoms with E-state index in [4.69, 9.17) is 0 Å². The molecule has 3 nitrogen and oxygen atoms in total. The van der Waals surface area contributed by atoms with Gasteiger partial charge >= 0.3 is 0 Å². The van der Waals surface area contributed by atoms with E-state index in [0.29, 0.717) is 5.95 Å². The van der Waals surface area contributed by atoms with Gasteiger partial charge in [0.2, 0.25) is 5.95 Å². The molecule has 1 N–H and O–H groups in total. The van der Waals surface area contributed by atoms with Gasteiger partial charge in [0.15, 0.2) is 0 Å². The van der Waals surface area contributed by atoms with Crippen LogP contribution in [0.4, 0.5) is 5.95 Å². The van der Waals surface area contributed by atoms with Crippen LogP contribution >= 0.6 is 0 Å². The van der Waals surface area contributed by atoms with E-state index in [-0.39, 0.29) is 0 Å². The Bertz CT molecular complexity index is 161. The average molecular weight is 123 g/mol. The SMILES string of the molecule is CCNc1ncccn1. The Labute approximate surface area is 54.2 Å². The molecule has 0 saturated carbocycles. The third-order valence-corrected chi connectivity index (χ3v) is 0.901. The fourth-order valence-corrected chi connectivity index (χ4v) is 0.548. The molecule has 1 aromatic rings. The molecule has 0 aliphatic heterocycles. The number of aromatic nitrogens is 2. The average Bonchev–Trinajstić information content (AvgIpc) is 1.91. The summed E-state index contributed by atoms with van der Waals surface area (Å²) in [6.45, 7) is 2.88. The second-order valence-electron chi connectivity index (χ2n) is 1.60. The highest BCUT2D eigenvalue weighted by atomic mass is 15.1. The van der Waals surface area contributed by atoms with Gasteiger partial charge in [-0.2, -0.15) is 0 Å². The van der Waals surface area contributed by atoms with Crippen molar-refractivity contribution in [1.29, 1.82) is 0 Å². The summed E-state index contributed by atoms with van der Waals surface area (Å²) < 4.78 is 0. The minimum atomic E-state index is 0.694. The molecule has 0 spiro atoms. The van der Waals surface area contributed by atoms with Crippen LogP contribution < -0.4 is 5.32 Å². The van der Waals surface area contributed by atoms with E-state index in [2.05, 4.69) is 15.3 Å². The van der Waals surface area contributed by atoms with E-state index in [1.165, 1.54) is 0 Å². The lowest BCUT2D eigenvalue weighted by molar-refractivity contribution is 1.08. The summed E-state index contributed by atoms with van der Waals surface area (Å²) in [6, 6.07) is 1.79. The normalized spacial score (nSPS) is 9.00. The van der Waals surface area contributed by atoms with Crippen molar-refractivity contribution in [3.05, 3.63) is 18.5 Å². The molecule has 3 heteroatoms. The Kier molecular flexibility index (Phi) is 2.01. The van der Waals surface area contributed by atoms with Crippen molar-refractivity contribution in [3.8, 4) is 0 Å². The van der Waals surface area contributed by atoms with Crippen LogP contribution in [0, 0.1) is 0 Å². The second-order valence-corrected chi connectivity index (χ2v) is 1.60. The number of rotatable bonds is 2. The number of anilines is 1. The van der Waals surface area contributed by atoms with Gasteiger partial charge in [0.25, 0.3) is 0 Å². The summed E-state index contributed by atoms with van der Waals surface area (Å²) in [5.41, 5.74) is 0. The first-order valence-electron chi connectivity index (χ1n) is 2.94. The first-order valence-corrected chi connectivity index (χ1v) is 2.94. The largest absolute Gasteiger partial charge is 0.355 e. The molecule has 0 aliphatic carbocycles. The number of hydrogen-bond donors (Lipinski definition) is 1. The zero-order chi connectivity index (χ0) is 6.53. The highest BCUT2D eigenvalue weighted by Gasteiger charge is 1.85. The number of nitrogens with zero attached hydrogens (tertiary/aromatic N) is 2. The van der Waals surface area contributed by atoms with Gasteiger partial charge in [0.05, 0.1) is 0 Å². The van der Waals surface area contributed by atoms with Crippen LogP contribution in [0.5, 0.6) is 0 Å². The summed E-state index contributed by atoms with van der Waals surface area (Å²) >= 11 is 0. The standard InChI is InChI=1S/C6H9N3/c1-2-7-6-8-4-3-5-9-6/h3-5H,2H2,1H3,(H,7,8,9). The molecular weight excluding hydrogens is 114 g/mol. The first kappa shape index (κ1) is 6.01. The molecule has 9 heavy (non-hydrogen) atoms. The Morgan fingerprint density at radius 3 is 2.67 bits per heavy atom. The van der Waals surface area contributed by atoms with Crippen molar-refractivity contribution in [2.24, 2.45) is 0 Å². The molecule has 0 saturated heterocycles. The number of hydrogen-bond acceptors (Lipinski definition) is 3. The molecule has 0 amide bonds. The predicted molar refractivity (Wildman–Crippen MR) is 36.2 cm³/mol. The van der Waals surface area contributed by atoms with Crippen LogP contribution in [0.25, 0.3) is 0 Å². The fourth-order valence-electron chi connectivity index (χ4n) is 0.548. The lowest BCUT2D eigenvalue weighted by Gasteiger charge is -1.96. The van der Waals surface area contributed by atoms with Crippen LogP contribution in [0.15, 0.2) is 18.5 Å². The van der Waals surface area contributed by atoms with E-state index in [9.17, 15) is 0 Å². The van der Waals surface area contributed by atoms with Gasteiger partial charge in [-0.15, -0.1) is 0 Å². The fraction of sp³-hybridized carbons (Fsp3) is 0.333. The van der Waals surface area contributed by atoms with Crippen molar-refractivity contribution >= 4 is 5.95 Å². The molecule has 1 aromatic heterocycles. The molecule has 0 aliphatic rings. The van der Waals surface area contributed by atoms with E-state index in [0.717, 1.165) is 6.54 Å². The quantitative estimate of drug-likeness (QED) is 0.635. The molecule has 0 fully saturated rings. The lowest BCUT2D eigenvalue weighted by Crippen LogP contribution is -2.00. The smallest absolute Gasteiger partial charge is 0.222 e. The van der Waals surface area contributed by atoms with Gasteiger partial charge in [0.1, 0.15) is 0 Å². The maximum absolute atomic E-state index is 3.95. The molecule has 0 bridgehead atoms. The van der Waals surface area contributed by atoms with E-state index in [1.807, 2.05) is 6.92 Å². The van der Waals surface area contributed by atoms with Crippen molar-refractivity contribution < 1.29 is 0 Å².